The summed E-state index contributed by atoms with van der Waals surface area (Å²) < 4.78 is 1.89. The first kappa shape index (κ1) is 12.1. The molecular formula is C13H20N4. The highest BCUT2D eigenvalue weighted by Gasteiger charge is 2.45. The third kappa shape index (κ3) is 2.67. The van der Waals surface area contributed by atoms with Gasteiger partial charge in [0.15, 0.2) is 0 Å². The summed E-state index contributed by atoms with van der Waals surface area (Å²) in [5.74, 6) is 0.489. The summed E-state index contributed by atoms with van der Waals surface area (Å²) >= 11 is 0. The van der Waals surface area contributed by atoms with E-state index in [0.717, 1.165) is 31.5 Å². The van der Waals surface area contributed by atoms with Gasteiger partial charge in [-0.1, -0.05) is 6.92 Å². The molecule has 4 nitrogen and oxygen atoms in total. The minimum Gasteiger partial charge on any atom is -0.298 e. The van der Waals surface area contributed by atoms with Crippen LogP contribution in [0.25, 0.3) is 0 Å². The van der Waals surface area contributed by atoms with Gasteiger partial charge in [-0.3, -0.25) is 10.00 Å². The molecule has 0 amide bonds. The molecule has 2 rings (SSSR count). The van der Waals surface area contributed by atoms with Gasteiger partial charge in [-0.05, 0) is 44.7 Å². The molecule has 0 aliphatic heterocycles. The van der Waals surface area contributed by atoms with Gasteiger partial charge in [0.2, 0.25) is 0 Å². The van der Waals surface area contributed by atoms with Crippen LogP contribution in [0.15, 0.2) is 12.3 Å². The Hall–Kier alpha value is -1.34. The number of hydrogen-bond donors (Lipinski definition) is 1. The van der Waals surface area contributed by atoms with Crippen molar-refractivity contribution in [2.24, 2.45) is 5.92 Å². The molecule has 1 atom stereocenters. The largest absolute Gasteiger partial charge is 0.298 e. The molecule has 17 heavy (non-hydrogen) atoms. The molecule has 0 spiro atoms. The zero-order valence-corrected chi connectivity index (χ0v) is 10.6. The summed E-state index contributed by atoms with van der Waals surface area (Å²) in [6, 6.07) is 4.48. The molecule has 1 N–H and O–H groups in total. The van der Waals surface area contributed by atoms with Crippen molar-refractivity contribution in [1.29, 1.82) is 5.26 Å². The minimum atomic E-state index is -0.422. The molecule has 1 aliphatic rings. The van der Waals surface area contributed by atoms with Gasteiger partial charge in [-0.2, -0.15) is 10.4 Å². The van der Waals surface area contributed by atoms with Crippen LogP contribution in [0.3, 0.4) is 0 Å². The van der Waals surface area contributed by atoms with Gasteiger partial charge < -0.3 is 0 Å². The molecule has 1 aromatic heterocycles. The first-order valence-corrected chi connectivity index (χ1v) is 6.36. The predicted molar refractivity (Wildman–Crippen MR) is 66.3 cm³/mol. The van der Waals surface area contributed by atoms with Gasteiger partial charge in [-0.15, -0.1) is 0 Å². The van der Waals surface area contributed by atoms with Gasteiger partial charge in [0.25, 0.3) is 0 Å². The zero-order valence-electron chi connectivity index (χ0n) is 10.6. The Labute approximate surface area is 103 Å². The minimum absolute atomic E-state index is 0.422. The number of aromatic nitrogens is 2. The van der Waals surface area contributed by atoms with E-state index in [4.69, 9.17) is 0 Å². The van der Waals surface area contributed by atoms with E-state index in [9.17, 15) is 5.26 Å². The second kappa shape index (κ2) is 4.89. The lowest BCUT2D eigenvalue weighted by atomic mass is 9.94. The summed E-state index contributed by atoms with van der Waals surface area (Å²) in [6.07, 6.45) is 5.32. The Morgan fingerprint density at radius 1 is 1.65 bits per heavy atom. The number of aryl methyl sites for hydroxylation is 1. The monoisotopic (exact) mass is 232 g/mol. The van der Waals surface area contributed by atoms with Crippen molar-refractivity contribution in [3.8, 4) is 6.07 Å². The Morgan fingerprint density at radius 3 is 2.88 bits per heavy atom. The van der Waals surface area contributed by atoms with Crippen LogP contribution in [-0.2, 0) is 6.54 Å². The Morgan fingerprint density at radius 2 is 2.41 bits per heavy atom. The summed E-state index contributed by atoms with van der Waals surface area (Å²) in [5, 5.41) is 17.3. The van der Waals surface area contributed by atoms with E-state index in [1.54, 1.807) is 0 Å². The van der Waals surface area contributed by atoms with Crippen LogP contribution in [0.2, 0.25) is 0 Å². The van der Waals surface area contributed by atoms with Crippen LogP contribution in [0.4, 0.5) is 0 Å². The fraction of sp³-hybridized carbons (Fsp3) is 0.692. The molecule has 1 unspecified atom stereocenters. The predicted octanol–water partition coefficient (Wildman–Crippen LogP) is 1.86. The Balaban J connectivity index is 2.12. The van der Waals surface area contributed by atoms with Crippen LogP contribution in [-0.4, -0.2) is 21.9 Å². The quantitative estimate of drug-likeness (QED) is 0.814. The summed E-state index contributed by atoms with van der Waals surface area (Å²) in [7, 11) is 0. The van der Waals surface area contributed by atoms with E-state index >= 15 is 0 Å². The van der Waals surface area contributed by atoms with Crippen molar-refractivity contribution < 1.29 is 0 Å². The van der Waals surface area contributed by atoms with E-state index in [2.05, 4.69) is 23.4 Å². The van der Waals surface area contributed by atoms with E-state index in [0.29, 0.717) is 12.5 Å². The normalized spacial score (nSPS) is 18.6. The lowest BCUT2D eigenvalue weighted by molar-refractivity contribution is 0.305. The van der Waals surface area contributed by atoms with Gasteiger partial charge in [0.1, 0.15) is 5.54 Å². The lowest BCUT2D eigenvalue weighted by Crippen LogP contribution is -2.50. The summed E-state index contributed by atoms with van der Waals surface area (Å²) in [4.78, 5) is 0. The molecule has 0 radical (unpaired) electrons. The van der Waals surface area contributed by atoms with Crippen LogP contribution in [0, 0.1) is 24.2 Å². The van der Waals surface area contributed by atoms with Crippen molar-refractivity contribution in [1.82, 2.24) is 15.1 Å². The highest BCUT2D eigenvalue weighted by molar-refractivity contribution is 5.15. The maximum atomic E-state index is 9.53. The first-order chi connectivity index (χ1) is 8.20. The number of nitrogens with one attached hydrogen (secondary N) is 1. The molecule has 1 aromatic rings. The molecular weight excluding hydrogens is 212 g/mol. The molecule has 1 saturated carbocycles. The summed E-state index contributed by atoms with van der Waals surface area (Å²) in [6.45, 7) is 5.65. The number of hydrogen-bond acceptors (Lipinski definition) is 3. The fourth-order valence-corrected chi connectivity index (χ4v) is 2.23. The molecule has 1 heterocycles. The van der Waals surface area contributed by atoms with Gasteiger partial charge >= 0.3 is 0 Å². The average molecular weight is 232 g/mol. The fourth-order valence-electron chi connectivity index (χ4n) is 2.23. The van der Waals surface area contributed by atoms with Crippen molar-refractivity contribution in [2.45, 2.75) is 45.2 Å². The zero-order chi connectivity index (χ0) is 12.3. The third-order valence-electron chi connectivity index (χ3n) is 3.35. The molecule has 92 valence electrons. The van der Waals surface area contributed by atoms with E-state index in [1.807, 2.05) is 23.9 Å². The van der Waals surface area contributed by atoms with Crippen LogP contribution < -0.4 is 5.32 Å². The molecule has 1 aliphatic carbocycles. The van der Waals surface area contributed by atoms with Crippen molar-refractivity contribution in [3.05, 3.63) is 18.0 Å². The number of nitrogens with zero attached hydrogens (tertiary/aromatic N) is 3. The molecule has 1 fully saturated rings. The molecule has 0 saturated heterocycles. The highest BCUT2D eigenvalue weighted by atomic mass is 15.3. The highest BCUT2D eigenvalue weighted by Crippen LogP contribution is 2.40. The second-order valence-electron chi connectivity index (χ2n) is 4.94. The topological polar surface area (TPSA) is 53.6 Å². The van der Waals surface area contributed by atoms with Crippen LogP contribution in [0.1, 0.15) is 31.9 Å². The third-order valence-corrected chi connectivity index (χ3v) is 3.35. The van der Waals surface area contributed by atoms with Crippen molar-refractivity contribution >= 4 is 0 Å². The van der Waals surface area contributed by atoms with Gasteiger partial charge in [-0.25, -0.2) is 0 Å². The smallest absolute Gasteiger partial charge is 0.129 e. The molecule has 0 bridgehead atoms. The summed E-state index contributed by atoms with van der Waals surface area (Å²) in [5.41, 5.74) is 0.581. The average Bonchev–Trinajstić information content (AvgIpc) is 3.10. The lowest BCUT2D eigenvalue weighted by Gasteiger charge is -2.27. The molecule has 0 aromatic carbocycles. The van der Waals surface area contributed by atoms with E-state index < -0.39 is 5.54 Å². The van der Waals surface area contributed by atoms with Crippen LogP contribution in [0.5, 0.6) is 0 Å². The maximum absolute atomic E-state index is 9.53. The van der Waals surface area contributed by atoms with Gasteiger partial charge in [0, 0.05) is 6.20 Å². The maximum Gasteiger partial charge on any atom is 0.129 e. The standard InChI is InChI=1S/C13H20N4/c1-3-7-15-13(9-14,12-4-5-12)10-17-8-6-11(2)16-17/h6,8,12,15H,3-5,7,10H2,1-2H3. The van der Waals surface area contributed by atoms with Gasteiger partial charge in [0.05, 0.1) is 18.3 Å². The van der Waals surface area contributed by atoms with E-state index in [1.165, 1.54) is 0 Å². The SMILES string of the molecule is CCCNC(C#N)(Cn1ccc(C)n1)C1CC1. The molecule has 4 heteroatoms. The van der Waals surface area contributed by atoms with Crippen LogP contribution >= 0.6 is 0 Å². The Bertz CT molecular complexity index is 413. The number of nitriles is 1. The number of rotatable bonds is 6. The Kier molecular flexibility index (Phi) is 3.49. The first-order valence-electron chi connectivity index (χ1n) is 6.36. The van der Waals surface area contributed by atoms with E-state index in [-0.39, 0.29) is 0 Å². The second-order valence-corrected chi connectivity index (χ2v) is 4.94. The van der Waals surface area contributed by atoms with Crippen molar-refractivity contribution in [3.63, 3.8) is 0 Å². The van der Waals surface area contributed by atoms with Crippen molar-refractivity contribution in [2.75, 3.05) is 6.54 Å².